The molecule has 5 nitrogen and oxygen atoms in total. The molecule has 0 atom stereocenters. The van der Waals surface area contributed by atoms with E-state index >= 15 is 0 Å². The van der Waals surface area contributed by atoms with Crippen LogP contribution in [0, 0.1) is 0 Å². The quantitative estimate of drug-likeness (QED) is 0.773. The molecule has 0 aromatic heterocycles. The first kappa shape index (κ1) is 20.1. The summed E-state index contributed by atoms with van der Waals surface area (Å²) < 4.78 is 25.9. The van der Waals surface area contributed by atoms with Crippen LogP contribution in [0.2, 0.25) is 0 Å². The molecule has 2 aromatic rings. The number of aryl methyl sites for hydroxylation is 2. The Kier molecular flexibility index (Phi) is 6.94. The Morgan fingerprint density at radius 2 is 1.62 bits per heavy atom. The lowest BCUT2D eigenvalue weighted by atomic mass is 10.1. The second-order valence-electron chi connectivity index (χ2n) is 6.34. The SMILES string of the molecule is CCc1ccc(CCC(=O)NCc2ccccc2S(=O)(=O)N(C)C)cc1. The highest BCUT2D eigenvalue weighted by molar-refractivity contribution is 7.89. The number of hydrogen-bond donors (Lipinski definition) is 1. The van der Waals surface area contributed by atoms with Crippen molar-refractivity contribution in [3.63, 3.8) is 0 Å². The van der Waals surface area contributed by atoms with Crippen LogP contribution in [-0.2, 0) is 34.2 Å². The summed E-state index contributed by atoms with van der Waals surface area (Å²) >= 11 is 0. The number of carbonyl (C=O) groups excluding carboxylic acids is 1. The fourth-order valence-corrected chi connectivity index (χ4v) is 3.70. The highest BCUT2D eigenvalue weighted by Crippen LogP contribution is 2.18. The summed E-state index contributed by atoms with van der Waals surface area (Å²) in [5.41, 5.74) is 2.98. The van der Waals surface area contributed by atoms with E-state index in [1.54, 1.807) is 24.3 Å². The summed E-state index contributed by atoms with van der Waals surface area (Å²) in [7, 11) is -0.546. The van der Waals surface area contributed by atoms with Crippen LogP contribution in [0.4, 0.5) is 0 Å². The van der Waals surface area contributed by atoms with Crippen molar-refractivity contribution in [3.05, 3.63) is 65.2 Å². The fraction of sp³-hybridized carbons (Fsp3) is 0.350. The minimum atomic E-state index is -3.54. The van der Waals surface area contributed by atoms with Gasteiger partial charge in [0.25, 0.3) is 0 Å². The third-order valence-corrected chi connectivity index (χ3v) is 6.19. The second-order valence-corrected chi connectivity index (χ2v) is 8.46. The van der Waals surface area contributed by atoms with Crippen LogP contribution in [0.1, 0.15) is 30.0 Å². The van der Waals surface area contributed by atoms with Gasteiger partial charge >= 0.3 is 0 Å². The number of nitrogens with one attached hydrogen (secondary N) is 1. The van der Waals surface area contributed by atoms with E-state index in [2.05, 4.69) is 24.4 Å². The van der Waals surface area contributed by atoms with Gasteiger partial charge in [0.05, 0.1) is 4.90 Å². The largest absolute Gasteiger partial charge is 0.352 e. The minimum Gasteiger partial charge on any atom is -0.352 e. The average Bonchev–Trinajstić information content (AvgIpc) is 2.65. The van der Waals surface area contributed by atoms with Crippen molar-refractivity contribution in [1.82, 2.24) is 9.62 Å². The predicted molar refractivity (Wildman–Crippen MR) is 103 cm³/mol. The lowest BCUT2D eigenvalue weighted by molar-refractivity contribution is -0.121. The number of benzene rings is 2. The Hall–Kier alpha value is -2.18. The smallest absolute Gasteiger partial charge is 0.242 e. The minimum absolute atomic E-state index is 0.0957. The van der Waals surface area contributed by atoms with E-state index in [-0.39, 0.29) is 17.3 Å². The molecule has 0 heterocycles. The Bertz CT molecular complexity index is 844. The van der Waals surface area contributed by atoms with Gasteiger partial charge in [-0.1, -0.05) is 49.4 Å². The maximum atomic E-state index is 12.4. The Balaban J connectivity index is 1.95. The van der Waals surface area contributed by atoms with Gasteiger partial charge in [-0.05, 0) is 35.6 Å². The van der Waals surface area contributed by atoms with Crippen LogP contribution < -0.4 is 5.32 Å². The summed E-state index contributed by atoms with van der Waals surface area (Å²) in [6.07, 6.45) is 2.03. The van der Waals surface area contributed by atoms with Crippen molar-refractivity contribution in [2.24, 2.45) is 0 Å². The lowest BCUT2D eigenvalue weighted by Gasteiger charge is -2.15. The Labute approximate surface area is 156 Å². The predicted octanol–water partition coefficient (Wildman–Crippen LogP) is 2.75. The molecule has 140 valence electrons. The number of sulfonamides is 1. The number of rotatable bonds is 8. The molecule has 1 N–H and O–H groups in total. The average molecular weight is 375 g/mol. The standard InChI is InChI=1S/C20H26N2O3S/c1-4-16-9-11-17(12-10-16)13-14-20(23)21-15-18-7-5-6-8-19(18)26(24,25)22(2)3/h5-12H,4,13-15H2,1-3H3,(H,21,23). The molecule has 0 aliphatic rings. The summed E-state index contributed by atoms with van der Waals surface area (Å²) in [6.45, 7) is 2.30. The molecule has 0 saturated heterocycles. The zero-order valence-electron chi connectivity index (χ0n) is 15.5. The van der Waals surface area contributed by atoms with Crippen LogP contribution in [0.15, 0.2) is 53.4 Å². The molecule has 0 aliphatic carbocycles. The molecule has 1 amide bonds. The van der Waals surface area contributed by atoms with E-state index in [9.17, 15) is 13.2 Å². The molecule has 0 radical (unpaired) electrons. The Morgan fingerprint density at radius 1 is 1.00 bits per heavy atom. The monoisotopic (exact) mass is 374 g/mol. The van der Waals surface area contributed by atoms with Crippen molar-refractivity contribution in [2.45, 2.75) is 37.6 Å². The molecule has 2 rings (SSSR count). The molecular weight excluding hydrogens is 348 g/mol. The van der Waals surface area contributed by atoms with Crippen LogP contribution >= 0.6 is 0 Å². The van der Waals surface area contributed by atoms with Crippen molar-refractivity contribution < 1.29 is 13.2 Å². The topological polar surface area (TPSA) is 66.5 Å². The molecule has 2 aromatic carbocycles. The van der Waals surface area contributed by atoms with Gasteiger partial charge in [0.2, 0.25) is 15.9 Å². The van der Waals surface area contributed by atoms with E-state index < -0.39 is 10.0 Å². The normalized spacial score (nSPS) is 11.5. The van der Waals surface area contributed by atoms with Crippen molar-refractivity contribution in [3.8, 4) is 0 Å². The molecule has 0 fully saturated rings. The third-order valence-electron chi connectivity index (χ3n) is 4.28. The van der Waals surface area contributed by atoms with Crippen LogP contribution in [0.25, 0.3) is 0 Å². The number of amides is 1. The summed E-state index contributed by atoms with van der Waals surface area (Å²) in [6, 6.07) is 15.0. The molecule has 0 unspecified atom stereocenters. The molecule has 0 bridgehead atoms. The van der Waals surface area contributed by atoms with Crippen LogP contribution in [0.3, 0.4) is 0 Å². The van der Waals surface area contributed by atoms with Crippen molar-refractivity contribution in [1.29, 1.82) is 0 Å². The highest BCUT2D eigenvalue weighted by atomic mass is 32.2. The van der Waals surface area contributed by atoms with Crippen LogP contribution in [-0.4, -0.2) is 32.7 Å². The van der Waals surface area contributed by atoms with E-state index in [0.717, 1.165) is 12.0 Å². The first-order valence-electron chi connectivity index (χ1n) is 8.69. The van der Waals surface area contributed by atoms with Gasteiger partial charge in [-0.25, -0.2) is 12.7 Å². The van der Waals surface area contributed by atoms with Gasteiger partial charge < -0.3 is 5.32 Å². The summed E-state index contributed by atoms with van der Waals surface area (Å²) in [4.78, 5) is 12.4. The van der Waals surface area contributed by atoms with Gasteiger partial charge in [-0.3, -0.25) is 4.79 Å². The van der Waals surface area contributed by atoms with E-state index in [1.807, 2.05) is 12.1 Å². The van der Waals surface area contributed by atoms with Gasteiger partial charge in [-0.15, -0.1) is 0 Å². The Morgan fingerprint density at radius 3 is 2.23 bits per heavy atom. The van der Waals surface area contributed by atoms with Gasteiger partial charge in [0, 0.05) is 27.1 Å². The third kappa shape index (κ3) is 5.16. The molecule has 26 heavy (non-hydrogen) atoms. The molecule has 6 heteroatoms. The van der Waals surface area contributed by atoms with E-state index in [1.165, 1.54) is 24.0 Å². The molecule has 0 spiro atoms. The second kappa shape index (κ2) is 8.96. The molecule has 0 aliphatic heterocycles. The zero-order valence-corrected chi connectivity index (χ0v) is 16.3. The van der Waals surface area contributed by atoms with Crippen molar-refractivity contribution in [2.75, 3.05) is 14.1 Å². The maximum absolute atomic E-state index is 12.4. The van der Waals surface area contributed by atoms with Crippen molar-refractivity contribution >= 4 is 15.9 Å². The van der Waals surface area contributed by atoms with Crippen LogP contribution in [0.5, 0.6) is 0 Å². The first-order valence-corrected chi connectivity index (χ1v) is 10.1. The van der Waals surface area contributed by atoms with E-state index in [0.29, 0.717) is 18.4 Å². The number of nitrogens with zero attached hydrogens (tertiary/aromatic N) is 1. The zero-order chi connectivity index (χ0) is 19.2. The lowest BCUT2D eigenvalue weighted by Crippen LogP contribution is -2.27. The van der Waals surface area contributed by atoms with Gasteiger partial charge in [-0.2, -0.15) is 0 Å². The first-order chi connectivity index (χ1) is 12.3. The van der Waals surface area contributed by atoms with Gasteiger partial charge in [0.1, 0.15) is 0 Å². The fourth-order valence-electron chi connectivity index (χ4n) is 2.58. The summed E-state index contributed by atoms with van der Waals surface area (Å²) in [5.74, 6) is -0.0957. The highest BCUT2D eigenvalue weighted by Gasteiger charge is 2.20. The number of carbonyl (C=O) groups is 1. The molecular formula is C20H26N2O3S. The summed E-state index contributed by atoms with van der Waals surface area (Å²) in [5, 5.41) is 2.82. The van der Waals surface area contributed by atoms with E-state index in [4.69, 9.17) is 0 Å². The number of hydrogen-bond acceptors (Lipinski definition) is 3. The molecule has 0 saturated carbocycles. The van der Waals surface area contributed by atoms with Gasteiger partial charge in [0.15, 0.2) is 0 Å². The maximum Gasteiger partial charge on any atom is 0.242 e.